The Morgan fingerprint density at radius 2 is 2.14 bits per heavy atom. The van der Waals surface area contributed by atoms with Gasteiger partial charge in [-0.15, -0.1) is 0 Å². The molecule has 0 saturated heterocycles. The zero-order valence-corrected chi connectivity index (χ0v) is 13.5. The maximum Gasteiger partial charge on any atom is 0.261 e. The van der Waals surface area contributed by atoms with Crippen molar-refractivity contribution < 1.29 is 17.9 Å². The number of carbonyl (C=O) groups excluding carboxylic acids is 1. The summed E-state index contributed by atoms with van der Waals surface area (Å²) in [4.78, 5) is 12.1. The van der Waals surface area contributed by atoms with E-state index in [9.17, 15) is 13.2 Å². The zero-order valence-electron chi connectivity index (χ0n) is 11.9. The number of hydrogen-bond donors (Lipinski definition) is 1. The van der Waals surface area contributed by atoms with Crippen molar-refractivity contribution in [3.8, 4) is 5.75 Å². The number of hydrogen-bond acceptors (Lipinski definition) is 4. The number of carbonyl (C=O) groups is 1. The highest BCUT2D eigenvalue weighted by molar-refractivity contribution is 8.13. The predicted molar refractivity (Wildman–Crippen MR) is 80.3 cm³/mol. The normalized spacial score (nSPS) is 16.3. The molecule has 2 rings (SSSR count). The predicted octanol–water partition coefficient (Wildman–Crippen LogP) is 2.40. The van der Waals surface area contributed by atoms with Crippen LogP contribution in [0.2, 0.25) is 0 Å². The molecule has 0 spiro atoms. The summed E-state index contributed by atoms with van der Waals surface area (Å²) >= 11 is 0. The first kappa shape index (κ1) is 16.1. The topological polar surface area (TPSA) is 72.5 Å². The molecule has 0 radical (unpaired) electrons. The van der Waals surface area contributed by atoms with Gasteiger partial charge in [0.1, 0.15) is 5.75 Å². The molecule has 0 bridgehead atoms. The second-order valence-electron chi connectivity index (χ2n) is 5.32. The number of halogens is 1. The van der Waals surface area contributed by atoms with E-state index in [1.165, 1.54) is 38.2 Å². The van der Waals surface area contributed by atoms with Gasteiger partial charge in [-0.3, -0.25) is 4.79 Å². The SMILES string of the molecule is COc1ccc(S(=O)(=O)Cl)cc1C(=O)NCC(C)C1CC1. The van der Waals surface area contributed by atoms with E-state index < -0.39 is 9.05 Å². The minimum absolute atomic E-state index is 0.120. The number of ether oxygens (including phenoxy) is 1. The van der Waals surface area contributed by atoms with Crippen LogP contribution in [0.15, 0.2) is 23.1 Å². The van der Waals surface area contributed by atoms with Gasteiger partial charge in [0.25, 0.3) is 15.0 Å². The van der Waals surface area contributed by atoms with Crippen LogP contribution >= 0.6 is 10.7 Å². The standard InChI is InChI=1S/C14H18ClNO4S/c1-9(10-3-4-10)8-16-14(17)12-7-11(21(15,18)19)5-6-13(12)20-2/h5-7,9-10H,3-4,8H2,1-2H3,(H,16,17). The largest absolute Gasteiger partial charge is 0.496 e. The molecule has 0 aliphatic heterocycles. The van der Waals surface area contributed by atoms with E-state index in [-0.39, 0.29) is 16.4 Å². The van der Waals surface area contributed by atoms with Crippen LogP contribution in [0.5, 0.6) is 5.75 Å². The zero-order chi connectivity index (χ0) is 15.6. The van der Waals surface area contributed by atoms with Crippen LogP contribution in [0.25, 0.3) is 0 Å². The van der Waals surface area contributed by atoms with Gasteiger partial charge in [0.15, 0.2) is 0 Å². The molecule has 116 valence electrons. The van der Waals surface area contributed by atoms with Gasteiger partial charge >= 0.3 is 0 Å². The summed E-state index contributed by atoms with van der Waals surface area (Å²) in [7, 11) is 2.85. The quantitative estimate of drug-likeness (QED) is 0.812. The lowest BCUT2D eigenvalue weighted by Gasteiger charge is -2.13. The van der Waals surface area contributed by atoms with E-state index in [2.05, 4.69) is 12.2 Å². The van der Waals surface area contributed by atoms with Gasteiger partial charge < -0.3 is 10.1 Å². The third-order valence-electron chi connectivity index (χ3n) is 3.71. The third kappa shape index (κ3) is 4.11. The van der Waals surface area contributed by atoms with E-state index in [4.69, 9.17) is 15.4 Å². The maximum atomic E-state index is 12.2. The van der Waals surface area contributed by atoms with Crippen molar-refractivity contribution in [2.24, 2.45) is 11.8 Å². The summed E-state index contributed by atoms with van der Waals surface area (Å²) in [5, 5.41) is 2.82. The lowest BCUT2D eigenvalue weighted by atomic mass is 10.1. The van der Waals surface area contributed by atoms with Crippen LogP contribution in [0.1, 0.15) is 30.1 Å². The first-order chi connectivity index (χ1) is 9.82. The Morgan fingerprint density at radius 1 is 1.48 bits per heavy atom. The van der Waals surface area contributed by atoms with Crippen LogP contribution in [0.4, 0.5) is 0 Å². The highest BCUT2D eigenvalue weighted by Gasteiger charge is 2.28. The highest BCUT2D eigenvalue weighted by atomic mass is 35.7. The number of rotatable bonds is 6. The molecular formula is C14H18ClNO4S. The van der Waals surface area contributed by atoms with Crippen molar-refractivity contribution in [3.63, 3.8) is 0 Å². The molecule has 21 heavy (non-hydrogen) atoms. The average Bonchev–Trinajstić information content (AvgIpc) is 3.27. The molecule has 1 aromatic carbocycles. The summed E-state index contributed by atoms with van der Waals surface area (Å²) in [5.74, 6) is 1.05. The van der Waals surface area contributed by atoms with Gasteiger partial charge in [0.05, 0.1) is 17.6 Å². The van der Waals surface area contributed by atoms with Crippen molar-refractivity contribution >= 4 is 25.6 Å². The number of amides is 1. The highest BCUT2D eigenvalue weighted by Crippen LogP contribution is 2.36. The molecule has 0 heterocycles. The van der Waals surface area contributed by atoms with Gasteiger partial charge in [-0.2, -0.15) is 0 Å². The molecular weight excluding hydrogens is 314 g/mol. The van der Waals surface area contributed by atoms with Crippen LogP contribution < -0.4 is 10.1 Å². The van der Waals surface area contributed by atoms with E-state index in [0.717, 1.165) is 0 Å². The van der Waals surface area contributed by atoms with Crippen molar-refractivity contribution in [1.82, 2.24) is 5.32 Å². The fourth-order valence-corrected chi connectivity index (χ4v) is 2.97. The average molecular weight is 332 g/mol. The summed E-state index contributed by atoms with van der Waals surface area (Å²) in [6, 6.07) is 3.97. The van der Waals surface area contributed by atoms with E-state index in [1.807, 2.05) is 0 Å². The van der Waals surface area contributed by atoms with Crippen molar-refractivity contribution in [3.05, 3.63) is 23.8 Å². The summed E-state index contributed by atoms with van der Waals surface area (Å²) in [6.45, 7) is 2.65. The van der Waals surface area contributed by atoms with Gasteiger partial charge in [-0.25, -0.2) is 8.42 Å². The maximum absolute atomic E-state index is 12.2. The molecule has 1 fully saturated rings. The number of methoxy groups -OCH3 is 1. The summed E-state index contributed by atoms with van der Waals surface area (Å²) in [5.41, 5.74) is 0.169. The lowest BCUT2D eigenvalue weighted by molar-refractivity contribution is 0.0943. The molecule has 1 N–H and O–H groups in total. The van der Waals surface area contributed by atoms with E-state index in [1.54, 1.807) is 0 Å². The smallest absolute Gasteiger partial charge is 0.261 e. The third-order valence-corrected chi connectivity index (χ3v) is 5.06. The van der Waals surface area contributed by atoms with Crippen molar-refractivity contribution in [2.45, 2.75) is 24.7 Å². The Hall–Kier alpha value is -1.27. The fourth-order valence-electron chi connectivity index (χ4n) is 2.20. The second-order valence-corrected chi connectivity index (χ2v) is 7.89. The molecule has 1 atom stereocenters. The fraction of sp³-hybridized carbons (Fsp3) is 0.500. The van der Waals surface area contributed by atoms with E-state index >= 15 is 0 Å². The Kier molecular flexibility index (Phi) is 4.78. The molecule has 1 saturated carbocycles. The van der Waals surface area contributed by atoms with Crippen LogP contribution in [0.3, 0.4) is 0 Å². The van der Waals surface area contributed by atoms with Gasteiger partial charge in [-0.1, -0.05) is 6.92 Å². The Bertz CT molecular complexity index is 640. The van der Waals surface area contributed by atoms with Gasteiger partial charge in [0, 0.05) is 17.2 Å². The van der Waals surface area contributed by atoms with E-state index in [0.29, 0.717) is 24.1 Å². The van der Waals surface area contributed by atoms with Crippen LogP contribution in [-0.2, 0) is 9.05 Å². The Morgan fingerprint density at radius 3 is 2.67 bits per heavy atom. The minimum atomic E-state index is -3.88. The van der Waals surface area contributed by atoms with Crippen LogP contribution in [-0.4, -0.2) is 28.0 Å². The van der Waals surface area contributed by atoms with Crippen LogP contribution in [0, 0.1) is 11.8 Å². The second kappa shape index (κ2) is 6.23. The molecule has 7 heteroatoms. The number of benzene rings is 1. The Balaban J connectivity index is 2.17. The minimum Gasteiger partial charge on any atom is -0.496 e. The monoisotopic (exact) mass is 331 g/mol. The molecule has 1 aromatic rings. The Labute approximate surface area is 129 Å². The first-order valence-electron chi connectivity index (χ1n) is 6.74. The molecule has 0 aromatic heterocycles. The summed E-state index contributed by atoms with van der Waals surface area (Å²) in [6.07, 6.45) is 2.42. The van der Waals surface area contributed by atoms with Gasteiger partial charge in [-0.05, 0) is 42.9 Å². The lowest BCUT2D eigenvalue weighted by Crippen LogP contribution is -2.29. The molecule has 1 aliphatic carbocycles. The van der Waals surface area contributed by atoms with Gasteiger partial charge in [0.2, 0.25) is 0 Å². The van der Waals surface area contributed by atoms with Crippen molar-refractivity contribution in [2.75, 3.05) is 13.7 Å². The summed E-state index contributed by atoms with van der Waals surface area (Å²) < 4.78 is 27.8. The first-order valence-corrected chi connectivity index (χ1v) is 9.04. The molecule has 1 aliphatic rings. The molecule has 1 amide bonds. The molecule has 1 unspecified atom stereocenters. The number of nitrogens with one attached hydrogen (secondary N) is 1. The van der Waals surface area contributed by atoms with Crippen molar-refractivity contribution in [1.29, 1.82) is 0 Å². The molecule has 5 nitrogen and oxygen atoms in total.